The van der Waals surface area contributed by atoms with Gasteiger partial charge in [-0.15, -0.1) is 0 Å². The van der Waals surface area contributed by atoms with Gasteiger partial charge in [-0.25, -0.2) is 8.91 Å². The number of nitrogens with zero attached hydrogens (tertiary/aromatic N) is 3. The summed E-state index contributed by atoms with van der Waals surface area (Å²) in [6.07, 6.45) is -1.96. The van der Waals surface area contributed by atoms with E-state index in [0.717, 1.165) is 10.6 Å². The smallest absolute Gasteiger partial charge is 0.282 e. The van der Waals surface area contributed by atoms with Gasteiger partial charge in [0.05, 0.1) is 5.52 Å². The van der Waals surface area contributed by atoms with E-state index >= 15 is 0 Å². The van der Waals surface area contributed by atoms with E-state index in [4.69, 9.17) is 0 Å². The summed E-state index contributed by atoms with van der Waals surface area (Å²) >= 11 is 0. The van der Waals surface area contributed by atoms with Crippen LogP contribution >= 0.6 is 0 Å². The topological polar surface area (TPSA) is 47.3 Å². The maximum absolute atomic E-state index is 13.3. The van der Waals surface area contributed by atoms with Crippen LogP contribution in [0.5, 0.6) is 0 Å². The second kappa shape index (κ2) is 6.56. The molecule has 0 amide bonds. The van der Waals surface area contributed by atoms with Crippen LogP contribution < -0.4 is 0 Å². The summed E-state index contributed by atoms with van der Waals surface area (Å²) in [6.45, 7) is 0. The monoisotopic (exact) mass is 385 g/mol. The summed E-state index contributed by atoms with van der Waals surface area (Å²) < 4.78 is 53.4. The van der Waals surface area contributed by atoms with Crippen molar-refractivity contribution in [2.24, 2.45) is 0 Å². The second-order valence-corrected chi connectivity index (χ2v) is 6.00. The minimum absolute atomic E-state index is 0.320. The lowest BCUT2D eigenvalue weighted by atomic mass is 10.0. The van der Waals surface area contributed by atoms with Crippen LogP contribution in [0.1, 0.15) is 10.5 Å². The van der Waals surface area contributed by atoms with Crippen LogP contribution in [-0.4, -0.2) is 26.6 Å². The predicted octanol–water partition coefficient (Wildman–Crippen LogP) is 4.95. The zero-order chi connectivity index (χ0) is 19.9. The largest absolute Gasteiger partial charge is 0.456 e. The van der Waals surface area contributed by atoms with Crippen LogP contribution in [0.15, 0.2) is 67.0 Å². The van der Waals surface area contributed by atoms with E-state index in [0.29, 0.717) is 27.9 Å². The molecular weight excluding hydrogens is 374 g/mol. The zero-order valence-electron chi connectivity index (χ0n) is 14.1. The average molecular weight is 385 g/mol. The fraction of sp³-hybridized carbons (Fsp3) is 0.0500. The Morgan fingerprint density at radius 1 is 0.893 bits per heavy atom. The number of halogens is 4. The maximum Gasteiger partial charge on any atom is 0.456 e. The molecule has 0 radical (unpaired) electrons. The number of fused-ring (bicyclic) bond motifs is 1. The number of alkyl halides is 3. The number of benzene rings is 1. The number of ketones is 1. The van der Waals surface area contributed by atoms with Gasteiger partial charge in [-0.3, -0.25) is 9.78 Å². The molecular formula is C20H11F4N3O. The number of hydrogen-bond acceptors (Lipinski definition) is 3. The highest BCUT2D eigenvalue weighted by Crippen LogP contribution is 2.36. The van der Waals surface area contributed by atoms with Gasteiger partial charge in [-0.05, 0) is 54.1 Å². The Morgan fingerprint density at radius 2 is 1.57 bits per heavy atom. The first-order valence-corrected chi connectivity index (χ1v) is 8.16. The minimum Gasteiger partial charge on any atom is -0.282 e. The highest BCUT2D eigenvalue weighted by Gasteiger charge is 2.41. The molecule has 0 aliphatic rings. The molecule has 0 fully saturated rings. The molecule has 0 unspecified atom stereocenters. The third-order valence-electron chi connectivity index (χ3n) is 4.23. The standard InChI is InChI=1S/C20H11F4N3O/c21-14-6-4-13(5-7-14)18-17(12-8-10-25-11-9-12)15-2-1-3-16(27(15)26-18)19(28)20(22,23)24/h1-11H. The molecule has 4 nitrogen and oxygen atoms in total. The van der Waals surface area contributed by atoms with Gasteiger partial charge in [-0.2, -0.15) is 18.3 Å². The van der Waals surface area contributed by atoms with Crippen molar-refractivity contribution in [1.29, 1.82) is 0 Å². The lowest BCUT2D eigenvalue weighted by Crippen LogP contribution is -2.25. The summed E-state index contributed by atoms with van der Waals surface area (Å²) in [5, 5.41) is 4.28. The lowest BCUT2D eigenvalue weighted by Gasteiger charge is -2.07. The molecule has 8 heteroatoms. The van der Waals surface area contributed by atoms with E-state index in [9.17, 15) is 22.4 Å². The molecule has 140 valence electrons. The maximum atomic E-state index is 13.3. The molecule has 28 heavy (non-hydrogen) atoms. The minimum atomic E-state index is -5.03. The van der Waals surface area contributed by atoms with E-state index in [-0.39, 0.29) is 0 Å². The van der Waals surface area contributed by atoms with Gasteiger partial charge in [0.1, 0.15) is 17.2 Å². The number of Topliss-reactive ketones (excluding diaryl/α,β-unsaturated/α-hetero) is 1. The SMILES string of the molecule is O=C(c1cccc2c(-c3ccncc3)c(-c3ccc(F)cc3)nn12)C(F)(F)F. The Bertz CT molecular complexity index is 1170. The molecule has 0 bridgehead atoms. The third kappa shape index (κ3) is 3.02. The van der Waals surface area contributed by atoms with Gasteiger partial charge >= 0.3 is 6.18 Å². The van der Waals surface area contributed by atoms with Crippen LogP contribution in [-0.2, 0) is 0 Å². The molecule has 4 aromatic rings. The number of aromatic nitrogens is 3. The highest BCUT2D eigenvalue weighted by molar-refractivity contribution is 6.01. The van der Waals surface area contributed by atoms with Gasteiger partial charge in [0.2, 0.25) is 0 Å². The number of rotatable bonds is 3. The van der Waals surface area contributed by atoms with Crippen LogP contribution in [0, 0.1) is 5.82 Å². The average Bonchev–Trinajstić information content (AvgIpc) is 3.07. The Balaban J connectivity index is 2.05. The Morgan fingerprint density at radius 3 is 2.21 bits per heavy atom. The number of carbonyl (C=O) groups is 1. The van der Waals surface area contributed by atoms with Crippen molar-refractivity contribution in [2.75, 3.05) is 0 Å². The van der Waals surface area contributed by atoms with E-state index in [1.165, 1.54) is 42.7 Å². The molecule has 4 rings (SSSR count). The molecule has 0 aliphatic heterocycles. The van der Waals surface area contributed by atoms with Crippen LogP contribution in [0.2, 0.25) is 0 Å². The predicted molar refractivity (Wildman–Crippen MR) is 94.2 cm³/mol. The van der Waals surface area contributed by atoms with Gasteiger partial charge < -0.3 is 0 Å². The van der Waals surface area contributed by atoms with Crippen molar-refractivity contribution in [3.05, 3.63) is 78.5 Å². The van der Waals surface area contributed by atoms with Crippen molar-refractivity contribution >= 4 is 11.3 Å². The molecule has 0 atom stereocenters. The van der Waals surface area contributed by atoms with E-state index < -0.39 is 23.5 Å². The third-order valence-corrected chi connectivity index (χ3v) is 4.23. The van der Waals surface area contributed by atoms with Crippen LogP contribution in [0.3, 0.4) is 0 Å². The molecule has 0 saturated carbocycles. The second-order valence-electron chi connectivity index (χ2n) is 6.00. The van der Waals surface area contributed by atoms with E-state index in [1.807, 2.05) is 0 Å². The summed E-state index contributed by atoms with van der Waals surface area (Å²) in [5.41, 5.74) is 1.72. The highest BCUT2D eigenvalue weighted by atomic mass is 19.4. The van der Waals surface area contributed by atoms with E-state index in [1.54, 1.807) is 18.2 Å². The molecule has 3 heterocycles. The number of carbonyl (C=O) groups excluding carboxylic acids is 1. The fourth-order valence-electron chi connectivity index (χ4n) is 3.00. The van der Waals surface area contributed by atoms with Crippen molar-refractivity contribution < 1.29 is 22.4 Å². The first-order chi connectivity index (χ1) is 13.4. The van der Waals surface area contributed by atoms with Crippen molar-refractivity contribution in [1.82, 2.24) is 14.6 Å². The van der Waals surface area contributed by atoms with E-state index in [2.05, 4.69) is 10.1 Å². The Hall–Kier alpha value is -3.55. The number of hydrogen-bond donors (Lipinski definition) is 0. The molecule has 0 spiro atoms. The zero-order valence-corrected chi connectivity index (χ0v) is 14.1. The van der Waals surface area contributed by atoms with Gasteiger partial charge in [0, 0.05) is 23.5 Å². The Kier molecular flexibility index (Phi) is 4.18. The number of pyridine rings is 2. The summed E-state index contributed by atoms with van der Waals surface area (Å²) in [7, 11) is 0. The summed E-state index contributed by atoms with van der Waals surface area (Å²) in [4.78, 5) is 15.8. The van der Waals surface area contributed by atoms with Crippen LogP contribution in [0.25, 0.3) is 27.9 Å². The molecule has 0 aliphatic carbocycles. The van der Waals surface area contributed by atoms with Crippen molar-refractivity contribution in [2.45, 2.75) is 6.18 Å². The van der Waals surface area contributed by atoms with Crippen LogP contribution in [0.4, 0.5) is 17.6 Å². The summed E-state index contributed by atoms with van der Waals surface area (Å²) in [6, 6.07) is 12.8. The normalized spacial score (nSPS) is 11.7. The quantitative estimate of drug-likeness (QED) is 0.370. The van der Waals surface area contributed by atoms with Crippen molar-refractivity contribution in [3.8, 4) is 22.4 Å². The molecule has 1 aromatic carbocycles. The van der Waals surface area contributed by atoms with Crippen molar-refractivity contribution in [3.63, 3.8) is 0 Å². The molecule has 3 aromatic heterocycles. The lowest BCUT2D eigenvalue weighted by molar-refractivity contribution is -0.0889. The molecule has 0 saturated heterocycles. The van der Waals surface area contributed by atoms with Gasteiger partial charge in [0.25, 0.3) is 5.78 Å². The Labute approximate surface area is 156 Å². The first kappa shape index (κ1) is 17.8. The fourth-order valence-corrected chi connectivity index (χ4v) is 3.00. The van der Waals surface area contributed by atoms with Gasteiger partial charge in [0.15, 0.2) is 0 Å². The summed E-state index contributed by atoms with van der Waals surface area (Å²) in [5.74, 6) is -2.45. The molecule has 0 N–H and O–H groups in total. The van der Waals surface area contributed by atoms with Gasteiger partial charge in [-0.1, -0.05) is 6.07 Å². The first-order valence-electron chi connectivity index (χ1n) is 8.16.